The van der Waals surface area contributed by atoms with Crippen LogP contribution < -0.4 is 21.7 Å². The molecule has 5 N–H and O–H groups in total. The highest BCUT2D eigenvalue weighted by atomic mass is 16.5. The zero-order valence-electron chi connectivity index (χ0n) is 18.7. The van der Waals surface area contributed by atoms with Crippen LogP contribution in [0.15, 0.2) is 0 Å². The van der Waals surface area contributed by atoms with Crippen molar-refractivity contribution in [1.82, 2.24) is 16.0 Å². The first-order valence-corrected chi connectivity index (χ1v) is 10.2. The van der Waals surface area contributed by atoms with E-state index in [1.54, 1.807) is 7.11 Å². The zero-order chi connectivity index (χ0) is 21.6. The fraction of sp³-hybridized carbons (Fsp3) is 0.900. The summed E-state index contributed by atoms with van der Waals surface area (Å²) in [5.41, 5.74) is 4.37. The van der Waals surface area contributed by atoms with Crippen LogP contribution in [-0.4, -0.2) is 75.4 Å². The predicted octanol–water partition coefficient (Wildman–Crippen LogP) is 0.589. The topological polar surface area (TPSA) is 115 Å². The highest BCUT2D eigenvalue weighted by molar-refractivity contribution is 5.95. The molecular weight excluding hydrogens is 360 g/mol. The van der Waals surface area contributed by atoms with Crippen molar-refractivity contribution in [2.75, 3.05) is 46.5 Å². The zero-order valence-corrected chi connectivity index (χ0v) is 18.7. The fourth-order valence-corrected chi connectivity index (χ4v) is 2.76. The van der Waals surface area contributed by atoms with Gasteiger partial charge in [0.1, 0.15) is 0 Å². The number of likely N-dealkylation sites (N-methyl/N-ethyl adjacent to an activating group) is 1. The van der Waals surface area contributed by atoms with Crippen LogP contribution in [0.5, 0.6) is 0 Å². The summed E-state index contributed by atoms with van der Waals surface area (Å²) in [7, 11) is 1.64. The largest absolute Gasteiger partial charge is 0.382 e. The van der Waals surface area contributed by atoms with Crippen LogP contribution in [0.25, 0.3) is 0 Å². The molecule has 0 saturated carbocycles. The Morgan fingerprint density at radius 3 is 2.36 bits per heavy atom. The van der Waals surface area contributed by atoms with Gasteiger partial charge in [-0.25, -0.2) is 0 Å². The number of rotatable bonds is 17. The first-order valence-electron chi connectivity index (χ1n) is 10.2. The number of Topliss-reactive ketones (excluding diaryl/α,β-unsaturated/α-hetero) is 1. The Morgan fingerprint density at radius 1 is 1.11 bits per heavy atom. The minimum absolute atomic E-state index is 0.0265. The van der Waals surface area contributed by atoms with Crippen LogP contribution in [0.3, 0.4) is 0 Å². The van der Waals surface area contributed by atoms with Gasteiger partial charge in [0.05, 0.1) is 30.4 Å². The molecule has 8 nitrogen and oxygen atoms in total. The Labute approximate surface area is 170 Å². The van der Waals surface area contributed by atoms with E-state index >= 15 is 0 Å². The van der Waals surface area contributed by atoms with Gasteiger partial charge in [0.25, 0.3) is 0 Å². The first-order chi connectivity index (χ1) is 13.1. The molecule has 166 valence electrons. The molecule has 0 saturated heterocycles. The van der Waals surface area contributed by atoms with Gasteiger partial charge < -0.3 is 31.2 Å². The molecule has 0 rings (SSSR count). The monoisotopic (exact) mass is 402 g/mol. The molecule has 8 heteroatoms. The van der Waals surface area contributed by atoms with Crippen LogP contribution in [-0.2, 0) is 19.1 Å². The smallest absolute Gasteiger partial charge is 0.222 e. The molecule has 1 atom stereocenters. The van der Waals surface area contributed by atoms with Crippen LogP contribution in [0.2, 0.25) is 0 Å². The Hall–Kier alpha value is -1.06. The normalized spacial score (nSPS) is 13.4. The van der Waals surface area contributed by atoms with Gasteiger partial charge >= 0.3 is 0 Å². The number of amides is 1. The van der Waals surface area contributed by atoms with E-state index in [2.05, 4.69) is 16.0 Å². The molecule has 0 heterocycles. The predicted molar refractivity (Wildman–Crippen MR) is 112 cm³/mol. The van der Waals surface area contributed by atoms with Gasteiger partial charge in [-0.05, 0) is 60.2 Å². The SMILES string of the molecule is CCNC(CC(=O)NCCCN)C(=O)C(C)(C)NCCC(C)(C)OCCOC. The van der Waals surface area contributed by atoms with E-state index in [9.17, 15) is 9.59 Å². The third-order valence-electron chi connectivity index (χ3n) is 4.55. The van der Waals surface area contributed by atoms with Crippen molar-refractivity contribution in [2.24, 2.45) is 5.73 Å². The number of carbonyl (C=O) groups is 2. The number of nitrogens with one attached hydrogen (secondary N) is 3. The molecule has 28 heavy (non-hydrogen) atoms. The van der Waals surface area contributed by atoms with Crippen molar-refractivity contribution < 1.29 is 19.1 Å². The molecular formula is C20H42N4O4. The van der Waals surface area contributed by atoms with Crippen molar-refractivity contribution in [3.8, 4) is 0 Å². The van der Waals surface area contributed by atoms with Crippen molar-refractivity contribution >= 4 is 11.7 Å². The van der Waals surface area contributed by atoms with Crippen molar-refractivity contribution in [3.05, 3.63) is 0 Å². The van der Waals surface area contributed by atoms with Gasteiger partial charge in [-0.3, -0.25) is 9.59 Å². The molecule has 0 aromatic rings. The van der Waals surface area contributed by atoms with Gasteiger partial charge in [0, 0.05) is 20.1 Å². The summed E-state index contributed by atoms with van der Waals surface area (Å²) >= 11 is 0. The summed E-state index contributed by atoms with van der Waals surface area (Å²) in [6, 6.07) is -0.531. The summed E-state index contributed by atoms with van der Waals surface area (Å²) in [6.07, 6.45) is 1.59. The van der Waals surface area contributed by atoms with Gasteiger partial charge in [0.15, 0.2) is 5.78 Å². The van der Waals surface area contributed by atoms with E-state index in [1.807, 2.05) is 34.6 Å². The highest BCUT2D eigenvalue weighted by Crippen LogP contribution is 2.16. The van der Waals surface area contributed by atoms with Crippen molar-refractivity contribution in [3.63, 3.8) is 0 Å². The standard InChI is InChI=1S/C20H42N4O4/c1-7-22-16(15-17(25)23-11-8-10-21)18(26)20(4,5)24-12-9-19(2,3)28-14-13-27-6/h16,22,24H,7-15,21H2,1-6H3,(H,23,25). The molecule has 0 fully saturated rings. The molecule has 0 aliphatic carbocycles. The molecule has 0 aliphatic rings. The Balaban J connectivity index is 4.64. The molecule has 0 aliphatic heterocycles. The van der Waals surface area contributed by atoms with Crippen LogP contribution in [0.4, 0.5) is 0 Å². The molecule has 0 bridgehead atoms. The molecule has 0 spiro atoms. The number of hydrogen-bond donors (Lipinski definition) is 4. The van der Waals surface area contributed by atoms with E-state index < -0.39 is 11.6 Å². The summed E-state index contributed by atoms with van der Waals surface area (Å²) < 4.78 is 10.8. The van der Waals surface area contributed by atoms with E-state index in [4.69, 9.17) is 15.2 Å². The third kappa shape index (κ3) is 11.7. The second-order valence-electron chi connectivity index (χ2n) is 8.07. The van der Waals surface area contributed by atoms with E-state index in [0.717, 1.165) is 12.8 Å². The summed E-state index contributed by atoms with van der Waals surface area (Å²) in [4.78, 5) is 25.1. The fourth-order valence-electron chi connectivity index (χ4n) is 2.76. The lowest BCUT2D eigenvalue weighted by Gasteiger charge is -2.32. The number of carbonyl (C=O) groups excluding carboxylic acids is 2. The Kier molecular flexibility index (Phi) is 13.5. The minimum atomic E-state index is -0.757. The highest BCUT2D eigenvalue weighted by Gasteiger charge is 2.34. The average Bonchev–Trinajstić information content (AvgIpc) is 2.60. The first kappa shape index (κ1) is 26.9. The third-order valence-corrected chi connectivity index (χ3v) is 4.55. The number of nitrogens with two attached hydrogens (primary N) is 1. The lowest BCUT2D eigenvalue weighted by molar-refractivity contribution is -0.130. The molecule has 0 aromatic carbocycles. The van der Waals surface area contributed by atoms with Crippen molar-refractivity contribution in [1.29, 1.82) is 0 Å². The van der Waals surface area contributed by atoms with Crippen LogP contribution >= 0.6 is 0 Å². The van der Waals surface area contributed by atoms with Crippen molar-refractivity contribution in [2.45, 2.75) is 71.1 Å². The van der Waals surface area contributed by atoms with Gasteiger partial charge in [0.2, 0.25) is 5.91 Å². The average molecular weight is 403 g/mol. The summed E-state index contributed by atoms with van der Waals surface area (Å²) in [5.74, 6) is -0.169. The quantitative estimate of drug-likeness (QED) is 0.263. The maximum absolute atomic E-state index is 13.0. The van der Waals surface area contributed by atoms with E-state index in [-0.39, 0.29) is 23.7 Å². The number of hydrogen-bond acceptors (Lipinski definition) is 7. The molecule has 0 aromatic heterocycles. The van der Waals surface area contributed by atoms with Crippen LogP contribution in [0, 0.1) is 0 Å². The maximum atomic E-state index is 13.0. The lowest BCUT2D eigenvalue weighted by atomic mass is 9.90. The summed E-state index contributed by atoms with van der Waals surface area (Å²) in [5, 5.41) is 9.27. The number of ether oxygens (including phenoxy) is 2. The number of ketones is 1. The van der Waals surface area contributed by atoms with E-state index in [0.29, 0.717) is 39.4 Å². The second kappa shape index (κ2) is 14.0. The Bertz CT molecular complexity index is 455. The maximum Gasteiger partial charge on any atom is 0.222 e. The van der Waals surface area contributed by atoms with Gasteiger partial charge in [-0.15, -0.1) is 0 Å². The lowest BCUT2D eigenvalue weighted by Crippen LogP contribution is -2.56. The number of methoxy groups -OCH3 is 1. The molecule has 1 amide bonds. The second-order valence-corrected chi connectivity index (χ2v) is 8.07. The molecule has 0 radical (unpaired) electrons. The van der Waals surface area contributed by atoms with Crippen LogP contribution in [0.1, 0.15) is 53.9 Å². The molecule has 1 unspecified atom stereocenters. The minimum Gasteiger partial charge on any atom is -0.382 e. The summed E-state index contributed by atoms with van der Waals surface area (Å²) in [6.45, 7) is 13.1. The van der Waals surface area contributed by atoms with Gasteiger partial charge in [-0.2, -0.15) is 0 Å². The van der Waals surface area contributed by atoms with E-state index in [1.165, 1.54) is 0 Å². The van der Waals surface area contributed by atoms with Gasteiger partial charge in [-0.1, -0.05) is 6.92 Å². The Morgan fingerprint density at radius 2 is 1.79 bits per heavy atom.